The maximum Gasteiger partial charge on any atom is 0.240 e. The number of aliphatic hydroxyl groups is 1. The maximum absolute atomic E-state index is 11.4. The van der Waals surface area contributed by atoms with E-state index in [9.17, 15) is 4.79 Å². The highest BCUT2D eigenvalue weighted by Crippen LogP contribution is 2.31. The van der Waals surface area contributed by atoms with Crippen molar-refractivity contribution in [1.29, 1.82) is 0 Å². The fourth-order valence-electron chi connectivity index (χ4n) is 2.22. The van der Waals surface area contributed by atoms with E-state index < -0.39 is 0 Å². The molecular weight excluding hydrogens is 204 g/mol. The quantitative estimate of drug-likeness (QED) is 0.766. The van der Waals surface area contributed by atoms with Crippen LogP contribution in [0.15, 0.2) is 24.3 Å². The fraction of sp³-hybridized carbons (Fsp3) is 0.417. The zero-order chi connectivity index (χ0) is 11.5. The Balaban J connectivity index is 2.25. The second-order valence-electron chi connectivity index (χ2n) is 4.02. The first-order chi connectivity index (χ1) is 7.74. The first-order valence-corrected chi connectivity index (χ1v) is 5.48. The Morgan fingerprint density at radius 2 is 2.25 bits per heavy atom. The van der Waals surface area contributed by atoms with Gasteiger partial charge in [-0.15, -0.1) is 0 Å². The number of amides is 1. The smallest absolute Gasteiger partial charge is 0.240 e. The SMILES string of the molecule is NC(=O)[C@@H]1Cc2ccccc2N1CCCO. The van der Waals surface area contributed by atoms with Gasteiger partial charge in [-0.2, -0.15) is 0 Å². The molecule has 0 radical (unpaired) electrons. The predicted molar refractivity (Wildman–Crippen MR) is 62.2 cm³/mol. The lowest BCUT2D eigenvalue weighted by molar-refractivity contribution is -0.119. The van der Waals surface area contributed by atoms with Gasteiger partial charge in [0, 0.05) is 25.3 Å². The first kappa shape index (κ1) is 11.0. The molecule has 0 saturated heterocycles. The fourth-order valence-corrected chi connectivity index (χ4v) is 2.22. The Bertz CT molecular complexity index is 392. The van der Waals surface area contributed by atoms with E-state index in [-0.39, 0.29) is 18.6 Å². The van der Waals surface area contributed by atoms with E-state index >= 15 is 0 Å². The van der Waals surface area contributed by atoms with Crippen LogP contribution in [0.2, 0.25) is 0 Å². The molecule has 1 atom stereocenters. The third-order valence-electron chi connectivity index (χ3n) is 2.98. The molecule has 1 heterocycles. The second-order valence-corrected chi connectivity index (χ2v) is 4.02. The van der Waals surface area contributed by atoms with Crippen LogP contribution in [0.5, 0.6) is 0 Å². The van der Waals surface area contributed by atoms with Crippen molar-refractivity contribution in [3.05, 3.63) is 29.8 Å². The number of aliphatic hydroxyl groups excluding tert-OH is 1. The number of para-hydroxylation sites is 1. The Kier molecular flexibility index (Phi) is 3.10. The van der Waals surface area contributed by atoms with Gasteiger partial charge in [-0.3, -0.25) is 4.79 Å². The Morgan fingerprint density at radius 1 is 1.50 bits per heavy atom. The monoisotopic (exact) mass is 220 g/mol. The Hall–Kier alpha value is -1.55. The number of anilines is 1. The van der Waals surface area contributed by atoms with E-state index in [1.165, 1.54) is 0 Å². The average molecular weight is 220 g/mol. The summed E-state index contributed by atoms with van der Waals surface area (Å²) in [6, 6.07) is 7.67. The summed E-state index contributed by atoms with van der Waals surface area (Å²) >= 11 is 0. The van der Waals surface area contributed by atoms with Gasteiger partial charge in [0.2, 0.25) is 5.91 Å². The van der Waals surface area contributed by atoms with E-state index in [2.05, 4.69) is 0 Å². The largest absolute Gasteiger partial charge is 0.396 e. The van der Waals surface area contributed by atoms with E-state index in [0.29, 0.717) is 19.4 Å². The lowest BCUT2D eigenvalue weighted by atomic mass is 10.1. The van der Waals surface area contributed by atoms with Crippen LogP contribution in [0.1, 0.15) is 12.0 Å². The lowest BCUT2D eigenvalue weighted by Gasteiger charge is -2.24. The summed E-state index contributed by atoms with van der Waals surface area (Å²) in [7, 11) is 0. The molecule has 0 spiro atoms. The summed E-state index contributed by atoms with van der Waals surface area (Å²) in [6.45, 7) is 0.797. The van der Waals surface area contributed by atoms with Gasteiger partial charge in [0.25, 0.3) is 0 Å². The molecule has 1 aliphatic heterocycles. The van der Waals surface area contributed by atoms with E-state index in [1.54, 1.807) is 0 Å². The number of fused-ring (bicyclic) bond motifs is 1. The van der Waals surface area contributed by atoms with Gasteiger partial charge in [-0.1, -0.05) is 18.2 Å². The van der Waals surface area contributed by atoms with E-state index in [4.69, 9.17) is 10.8 Å². The highest BCUT2D eigenvalue weighted by atomic mass is 16.3. The summed E-state index contributed by atoms with van der Waals surface area (Å²) in [5.74, 6) is -0.297. The third kappa shape index (κ3) is 1.88. The molecule has 1 aromatic carbocycles. The van der Waals surface area contributed by atoms with Crippen molar-refractivity contribution in [1.82, 2.24) is 0 Å². The molecule has 4 heteroatoms. The minimum absolute atomic E-state index is 0.129. The zero-order valence-corrected chi connectivity index (χ0v) is 9.10. The van der Waals surface area contributed by atoms with Crippen molar-refractivity contribution in [2.45, 2.75) is 18.9 Å². The van der Waals surface area contributed by atoms with E-state index in [1.807, 2.05) is 29.2 Å². The summed E-state index contributed by atoms with van der Waals surface area (Å²) in [5.41, 5.74) is 7.62. The highest BCUT2D eigenvalue weighted by molar-refractivity contribution is 5.86. The molecule has 1 aliphatic rings. The lowest BCUT2D eigenvalue weighted by Crippen LogP contribution is -2.43. The number of carbonyl (C=O) groups excluding carboxylic acids is 1. The minimum Gasteiger partial charge on any atom is -0.396 e. The highest BCUT2D eigenvalue weighted by Gasteiger charge is 2.32. The van der Waals surface area contributed by atoms with Crippen molar-refractivity contribution in [3.63, 3.8) is 0 Å². The molecule has 1 aromatic rings. The summed E-state index contributed by atoms with van der Waals surface area (Å²) in [5, 5.41) is 8.86. The molecule has 0 fully saturated rings. The summed E-state index contributed by atoms with van der Waals surface area (Å²) in [4.78, 5) is 13.4. The molecular formula is C12H16N2O2. The number of hydrogen-bond acceptors (Lipinski definition) is 3. The average Bonchev–Trinajstić information content (AvgIpc) is 2.65. The van der Waals surface area contributed by atoms with Gasteiger partial charge < -0.3 is 15.7 Å². The van der Waals surface area contributed by atoms with Gasteiger partial charge in [-0.05, 0) is 18.1 Å². The van der Waals surface area contributed by atoms with Crippen LogP contribution >= 0.6 is 0 Å². The van der Waals surface area contributed by atoms with Gasteiger partial charge in [-0.25, -0.2) is 0 Å². The number of benzene rings is 1. The van der Waals surface area contributed by atoms with Gasteiger partial charge in [0.1, 0.15) is 6.04 Å². The molecule has 3 N–H and O–H groups in total. The molecule has 1 amide bonds. The second kappa shape index (κ2) is 4.53. The topological polar surface area (TPSA) is 66.6 Å². The molecule has 0 aromatic heterocycles. The standard InChI is InChI=1S/C12H16N2O2/c13-12(16)11-8-9-4-1-2-5-10(9)14(11)6-3-7-15/h1-2,4-5,11,15H,3,6-8H2,(H2,13,16)/t11-/m0/s1. The molecule has 2 rings (SSSR count). The van der Waals surface area contributed by atoms with Crippen molar-refractivity contribution in [2.75, 3.05) is 18.1 Å². The van der Waals surface area contributed by atoms with Crippen LogP contribution < -0.4 is 10.6 Å². The normalized spacial score (nSPS) is 18.6. The van der Waals surface area contributed by atoms with Crippen molar-refractivity contribution < 1.29 is 9.90 Å². The summed E-state index contributed by atoms with van der Waals surface area (Å²) < 4.78 is 0. The van der Waals surface area contributed by atoms with Crippen LogP contribution in [0.3, 0.4) is 0 Å². The maximum atomic E-state index is 11.4. The van der Waals surface area contributed by atoms with Crippen LogP contribution in [0.4, 0.5) is 5.69 Å². The van der Waals surface area contributed by atoms with Crippen molar-refractivity contribution in [3.8, 4) is 0 Å². The number of carbonyl (C=O) groups is 1. The predicted octanol–water partition coefficient (Wildman–Crippen LogP) is 0.285. The van der Waals surface area contributed by atoms with Crippen LogP contribution in [0.25, 0.3) is 0 Å². The number of nitrogens with zero attached hydrogens (tertiary/aromatic N) is 1. The summed E-state index contributed by atoms with van der Waals surface area (Å²) in [6.07, 6.45) is 1.33. The van der Waals surface area contributed by atoms with Crippen molar-refractivity contribution in [2.24, 2.45) is 5.73 Å². The minimum atomic E-state index is -0.297. The molecule has 0 saturated carbocycles. The molecule has 4 nitrogen and oxygen atoms in total. The molecule has 0 aliphatic carbocycles. The van der Waals surface area contributed by atoms with Gasteiger partial charge in [0.15, 0.2) is 0 Å². The first-order valence-electron chi connectivity index (χ1n) is 5.48. The van der Waals surface area contributed by atoms with Crippen molar-refractivity contribution >= 4 is 11.6 Å². The van der Waals surface area contributed by atoms with Crippen LogP contribution in [-0.4, -0.2) is 30.2 Å². The van der Waals surface area contributed by atoms with Gasteiger partial charge >= 0.3 is 0 Å². The van der Waals surface area contributed by atoms with Gasteiger partial charge in [0.05, 0.1) is 0 Å². The number of nitrogens with two attached hydrogens (primary N) is 1. The Morgan fingerprint density at radius 3 is 2.94 bits per heavy atom. The number of primary amides is 1. The zero-order valence-electron chi connectivity index (χ0n) is 9.10. The molecule has 0 unspecified atom stereocenters. The third-order valence-corrected chi connectivity index (χ3v) is 2.98. The Labute approximate surface area is 94.7 Å². The molecule has 16 heavy (non-hydrogen) atoms. The molecule has 0 bridgehead atoms. The molecule has 86 valence electrons. The van der Waals surface area contributed by atoms with Crippen LogP contribution in [0, 0.1) is 0 Å². The van der Waals surface area contributed by atoms with E-state index in [0.717, 1.165) is 11.3 Å². The number of rotatable bonds is 4. The number of hydrogen-bond donors (Lipinski definition) is 2. The van der Waals surface area contributed by atoms with Crippen LogP contribution in [-0.2, 0) is 11.2 Å².